The van der Waals surface area contributed by atoms with E-state index >= 15 is 0 Å². The van der Waals surface area contributed by atoms with Gasteiger partial charge in [0.05, 0.1) is 5.69 Å². The van der Waals surface area contributed by atoms with E-state index in [4.69, 9.17) is 0 Å². The van der Waals surface area contributed by atoms with Gasteiger partial charge in [-0.2, -0.15) is 0 Å². The quantitative estimate of drug-likeness (QED) is 0.920. The molecule has 126 valence electrons. The summed E-state index contributed by atoms with van der Waals surface area (Å²) in [4.78, 5) is 16.5. The van der Waals surface area contributed by atoms with E-state index in [9.17, 15) is 18.0 Å². The van der Waals surface area contributed by atoms with Gasteiger partial charge in [0, 0.05) is 11.1 Å². The summed E-state index contributed by atoms with van der Waals surface area (Å²) in [7, 11) is 0. The third-order valence-electron chi connectivity index (χ3n) is 3.78. The summed E-state index contributed by atoms with van der Waals surface area (Å²) >= 11 is 0. The van der Waals surface area contributed by atoms with E-state index in [1.807, 2.05) is 6.92 Å². The highest BCUT2D eigenvalue weighted by Gasteiger charge is 2.39. The second-order valence-corrected chi connectivity index (χ2v) is 6.00. The largest absolute Gasteiger partial charge is 0.573 e. The highest BCUT2D eigenvalue weighted by molar-refractivity contribution is 5.93. The number of rotatable bonds is 4. The number of alkyl halides is 3. The third kappa shape index (κ3) is 4.04. The van der Waals surface area contributed by atoms with Crippen molar-refractivity contribution in [3.8, 4) is 17.0 Å². The van der Waals surface area contributed by atoms with Crippen LogP contribution in [-0.2, 0) is 0 Å². The van der Waals surface area contributed by atoms with Crippen molar-refractivity contribution in [1.29, 1.82) is 0 Å². The molecule has 0 saturated heterocycles. The molecular formula is C17H15F3N2O2. The number of aromatic nitrogens is 1. The van der Waals surface area contributed by atoms with Crippen molar-refractivity contribution in [3.05, 3.63) is 48.2 Å². The summed E-state index contributed by atoms with van der Waals surface area (Å²) < 4.78 is 40.3. The first-order chi connectivity index (χ1) is 11.2. The average molecular weight is 336 g/mol. The summed E-state index contributed by atoms with van der Waals surface area (Å²) in [6, 6.07) is 10.3. The molecule has 1 aromatic heterocycles. The van der Waals surface area contributed by atoms with Crippen molar-refractivity contribution in [2.24, 2.45) is 0 Å². The van der Waals surface area contributed by atoms with Crippen molar-refractivity contribution in [2.75, 3.05) is 0 Å². The first kappa shape index (κ1) is 16.3. The minimum Gasteiger partial charge on any atom is -0.406 e. The van der Waals surface area contributed by atoms with Gasteiger partial charge in [-0.3, -0.25) is 4.79 Å². The number of carbonyl (C=O) groups excluding carboxylic acids is 1. The van der Waals surface area contributed by atoms with Crippen LogP contribution in [0.15, 0.2) is 42.5 Å². The second-order valence-electron chi connectivity index (χ2n) is 6.00. The van der Waals surface area contributed by atoms with Gasteiger partial charge < -0.3 is 10.1 Å². The molecule has 1 heterocycles. The topological polar surface area (TPSA) is 51.2 Å². The number of hydrogen-bond acceptors (Lipinski definition) is 3. The summed E-state index contributed by atoms with van der Waals surface area (Å²) in [5.41, 5.74) is 1.22. The van der Waals surface area contributed by atoms with Gasteiger partial charge in [-0.15, -0.1) is 13.2 Å². The molecule has 0 atom stereocenters. The van der Waals surface area contributed by atoms with Crippen LogP contribution in [0.4, 0.5) is 13.2 Å². The van der Waals surface area contributed by atoms with E-state index in [0.717, 1.165) is 12.8 Å². The summed E-state index contributed by atoms with van der Waals surface area (Å²) in [6.45, 7) is 1.97. The van der Waals surface area contributed by atoms with Crippen LogP contribution in [0.1, 0.15) is 30.3 Å². The Balaban J connectivity index is 1.77. The minimum absolute atomic E-state index is 0.147. The molecule has 0 radical (unpaired) electrons. The number of nitrogens with one attached hydrogen (secondary N) is 1. The van der Waals surface area contributed by atoms with Crippen LogP contribution in [0, 0.1) is 0 Å². The lowest BCUT2D eigenvalue weighted by Gasteiger charge is -2.12. The molecule has 0 aliphatic heterocycles. The number of ether oxygens (including phenoxy) is 1. The summed E-state index contributed by atoms with van der Waals surface area (Å²) in [5.74, 6) is -0.560. The monoisotopic (exact) mass is 336 g/mol. The maximum atomic E-state index is 12.2. The number of hydrogen-bond donors (Lipinski definition) is 1. The van der Waals surface area contributed by atoms with Crippen molar-refractivity contribution in [3.63, 3.8) is 0 Å². The molecule has 1 aliphatic carbocycles. The number of amides is 1. The summed E-state index contributed by atoms with van der Waals surface area (Å²) in [6.07, 6.45) is -2.84. The molecule has 3 rings (SSSR count). The maximum absolute atomic E-state index is 12.2. The molecule has 24 heavy (non-hydrogen) atoms. The van der Waals surface area contributed by atoms with Gasteiger partial charge in [0.2, 0.25) is 0 Å². The van der Waals surface area contributed by atoms with Gasteiger partial charge >= 0.3 is 6.36 Å². The van der Waals surface area contributed by atoms with Crippen LogP contribution in [0.5, 0.6) is 5.75 Å². The molecule has 1 aromatic carbocycles. The zero-order valence-electron chi connectivity index (χ0n) is 12.9. The number of pyridine rings is 1. The predicted octanol–water partition coefficient (Wildman–Crippen LogP) is 3.93. The molecule has 2 aromatic rings. The van der Waals surface area contributed by atoms with E-state index in [0.29, 0.717) is 11.3 Å². The Hall–Kier alpha value is -2.57. The zero-order valence-corrected chi connectivity index (χ0v) is 12.9. The zero-order chi connectivity index (χ0) is 17.4. The molecule has 1 saturated carbocycles. The van der Waals surface area contributed by atoms with Gasteiger partial charge in [-0.25, -0.2) is 4.98 Å². The van der Waals surface area contributed by atoms with Crippen LogP contribution in [0.2, 0.25) is 0 Å². The fourth-order valence-corrected chi connectivity index (χ4v) is 2.20. The molecule has 1 fully saturated rings. The average Bonchev–Trinajstić information content (AvgIpc) is 3.23. The lowest BCUT2D eigenvalue weighted by atomic mass is 10.1. The molecule has 1 amide bonds. The van der Waals surface area contributed by atoms with Gasteiger partial charge in [-0.1, -0.05) is 6.07 Å². The first-order valence-electron chi connectivity index (χ1n) is 7.40. The number of halogens is 3. The van der Waals surface area contributed by atoms with Crippen LogP contribution in [0.3, 0.4) is 0 Å². The fourth-order valence-electron chi connectivity index (χ4n) is 2.20. The minimum atomic E-state index is -4.73. The number of nitrogens with zero attached hydrogens (tertiary/aromatic N) is 1. The van der Waals surface area contributed by atoms with Crippen LogP contribution < -0.4 is 10.1 Å². The van der Waals surface area contributed by atoms with Crippen LogP contribution in [-0.4, -0.2) is 22.8 Å². The molecule has 1 N–H and O–H groups in total. The molecule has 0 unspecified atom stereocenters. The first-order valence-corrected chi connectivity index (χ1v) is 7.40. The van der Waals surface area contributed by atoms with E-state index < -0.39 is 6.36 Å². The van der Waals surface area contributed by atoms with E-state index in [1.54, 1.807) is 18.2 Å². The van der Waals surface area contributed by atoms with Crippen molar-refractivity contribution < 1.29 is 22.7 Å². The molecule has 0 spiro atoms. The van der Waals surface area contributed by atoms with Crippen molar-refractivity contribution >= 4 is 5.91 Å². The third-order valence-corrected chi connectivity index (χ3v) is 3.78. The Kier molecular flexibility index (Phi) is 3.95. The van der Waals surface area contributed by atoms with E-state index in [1.165, 1.54) is 24.3 Å². The Labute approximate surface area is 136 Å². The smallest absolute Gasteiger partial charge is 0.406 e. The Morgan fingerprint density at radius 3 is 2.42 bits per heavy atom. The lowest BCUT2D eigenvalue weighted by molar-refractivity contribution is -0.274. The lowest BCUT2D eigenvalue weighted by Crippen LogP contribution is -2.34. The maximum Gasteiger partial charge on any atom is 0.573 e. The Morgan fingerprint density at radius 1 is 1.17 bits per heavy atom. The van der Waals surface area contributed by atoms with E-state index in [-0.39, 0.29) is 22.9 Å². The van der Waals surface area contributed by atoms with Crippen molar-refractivity contribution in [1.82, 2.24) is 10.3 Å². The molecule has 4 nitrogen and oxygen atoms in total. The number of carbonyl (C=O) groups is 1. The van der Waals surface area contributed by atoms with Gasteiger partial charge in [0.25, 0.3) is 5.91 Å². The molecule has 7 heteroatoms. The molecule has 1 aliphatic rings. The van der Waals surface area contributed by atoms with Gasteiger partial charge in [0.1, 0.15) is 11.4 Å². The van der Waals surface area contributed by atoms with E-state index in [2.05, 4.69) is 15.0 Å². The highest BCUT2D eigenvalue weighted by atomic mass is 19.4. The second kappa shape index (κ2) is 5.81. The van der Waals surface area contributed by atoms with Crippen molar-refractivity contribution in [2.45, 2.75) is 31.7 Å². The Morgan fingerprint density at radius 2 is 1.83 bits per heavy atom. The SMILES string of the molecule is CC1(NC(=O)c2cccc(-c3ccc(OC(F)(F)F)cc3)n2)CC1. The standard InChI is InChI=1S/C17H15F3N2O2/c1-16(9-10-16)22-15(23)14-4-2-3-13(21-14)11-5-7-12(8-6-11)24-17(18,19)20/h2-8H,9-10H2,1H3,(H,22,23). The molecular weight excluding hydrogens is 321 g/mol. The normalized spacial score (nSPS) is 15.7. The number of benzene rings is 1. The highest BCUT2D eigenvalue weighted by Crippen LogP contribution is 2.34. The Bertz CT molecular complexity index is 753. The predicted molar refractivity (Wildman–Crippen MR) is 81.5 cm³/mol. The van der Waals surface area contributed by atoms with Gasteiger partial charge in [0.15, 0.2) is 0 Å². The van der Waals surface area contributed by atoms with Crippen LogP contribution >= 0.6 is 0 Å². The van der Waals surface area contributed by atoms with Crippen LogP contribution in [0.25, 0.3) is 11.3 Å². The van der Waals surface area contributed by atoms with Gasteiger partial charge in [-0.05, 0) is 56.2 Å². The molecule has 0 bridgehead atoms. The fraction of sp³-hybridized carbons (Fsp3) is 0.294. The summed E-state index contributed by atoms with van der Waals surface area (Å²) in [5, 5.41) is 2.91.